The fourth-order valence-corrected chi connectivity index (χ4v) is 4.54. The number of aromatic nitrogens is 1. The molecule has 0 radical (unpaired) electrons. The number of likely N-dealkylation sites (tertiary alicyclic amines) is 1. The fourth-order valence-electron chi connectivity index (χ4n) is 4.28. The van der Waals surface area contributed by atoms with Crippen molar-refractivity contribution in [1.29, 1.82) is 0 Å². The molecule has 2 atom stereocenters. The number of piperidine rings is 1. The molecule has 0 spiro atoms. The first-order chi connectivity index (χ1) is 14.0. The number of anilines is 1. The molecule has 0 saturated carbocycles. The normalized spacial score (nSPS) is 20.0. The SMILES string of the molecule is CCOc1ccc(NC(=S)N2CC3C[C@H](C2)Cn2c3cccc2=O)c([N+](=O)[O-])c1. The summed E-state index contributed by atoms with van der Waals surface area (Å²) < 4.78 is 7.23. The highest BCUT2D eigenvalue weighted by molar-refractivity contribution is 7.80. The van der Waals surface area contributed by atoms with Crippen LogP contribution in [-0.2, 0) is 6.54 Å². The topological polar surface area (TPSA) is 89.6 Å². The monoisotopic (exact) mass is 414 g/mol. The standard InChI is InChI=1S/C20H22N4O4S/c1-2-28-15-6-7-16(18(9-15)24(26)27)21-20(29)22-10-13-8-14(12-22)17-4-3-5-19(25)23(17)11-13/h3-7,9,13-14H,2,8,10-12H2,1H3,(H,21,29)/t13-,14?/m1/s1. The van der Waals surface area contributed by atoms with E-state index >= 15 is 0 Å². The predicted molar refractivity (Wildman–Crippen MR) is 114 cm³/mol. The lowest BCUT2D eigenvalue weighted by atomic mass is 9.83. The Morgan fingerprint density at radius 3 is 2.90 bits per heavy atom. The minimum Gasteiger partial charge on any atom is -0.494 e. The van der Waals surface area contributed by atoms with Crippen molar-refractivity contribution < 1.29 is 9.66 Å². The van der Waals surface area contributed by atoms with Gasteiger partial charge in [0.05, 0.1) is 17.6 Å². The molecular weight excluding hydrogens is 392 g/mol. The van der Waals surface area contributed by atoms with Crippen LogP contribution < -0.4 is 15.6 Å². The molecule has 29 heavy (non-hydrogen) atoms. The van der Waals surface area contributed by atoms with E-state index in [2.05, 4.69) is 10.2 Å². The fraction of sp³-hybridized carbons (Fsp3) is 0.400. The Morgan fingerprint density at radius 2 is 2.14 bits per heavy atom. The number of hydrogen-bond donors (Lipinski definition) is 1. The van der Waals surface area contributed by atoms with Crippen LogP contribution in [0.3, 0.4) is 0 Å². The minimum absolute atomic E-state index is 0.0383. The van der Waals surface area contributed by atoms with Crippen LogP contribution in [0, 0.1) is 16.0 Å². The van der Waals surface area contributed by atoms with Crippen LogP contribution in [0.15, 0.2) is 41.2 Å². The summed E-state index contributed by atoms with van der Waals surface area (Å²) in [6.07, 6.45) is 1.02. The van der Waals surface area contributed by atoms with Gasteiger partial charge >= 0.3 is 0 Å². The number of pyridine rings is 1. The van der Waals surface area contributed by atoms with Crippen molar-refractivity contribution in [3.63, 3.8) is 0 Å². The molecule has 2 aromatic rings. The number of thiocarbonyl (C=S) groups is 1. The van der Waals surface area contributed by atoms with Crippen LogP contribution in [0.2, 0.25) is 0 Å². The van der Waals surface area contributed by atoms with Crippen molar-refractivity contribution in [3.8, 4) is 5.75 Å². The molecule has 152 valence electrons. The quantitative estimate of drug-likeness (QED) is 0.467. The summed E-state index contributed by atoms with van der Waals surface area (Å²) in [6.45, 7) is 4.33. The maximum atomic E-state index is 12.2. The number of nitro benzene ring substituents is 1. The number of nitro groups is 1. The third-order valence-corrected chi connectivity index (χ3v) is 5.85. The molecule has 1 aromatic carbocycles. The zero-order valence-electron chi connectivity index (χ0n) is 16.0. The second kappa shape index (κ2) is 7.82. The van der Waals surface area contributed by atoms with Crippen LogP contribution >= 0.6 is 12.2 Å². The molecule has 1 aromatic heterocycles. The summed E-state index contributed by atoms with van der Waals surface area (Å²) in [6, 6.07) is 10.1. The molecule has 2 aliphatic heterocycles. The van der Waals surface area contributed by atoms with Crippen molar-refractivity contribution in [2.45, 2.75) is 25.8 Å². The second-order valence-corrected chi connectivity index (χ2v) is 7.79. The highest BCUT2D eigenvalue weighted by Gasteiger charge is 2.35. The van der Waals surface area contributed by atoms with E-state index in [9.17, 15) is 14.9 Å². The first-order valence-corrected chi connectivity index (χ1v) is 10.0. The van der Waals surface area contributed by atoms with Crippen LogP contribution in [0.5, 0.6) is 5.75 Å². The second-order valence-electron chi connectivity index (χ2n) is 7.40. The summed E-state index contributed by atoms with van der Waals surface area (Å²) in [5, 5.41) is 15.0. The number of rotatable bonds is 4. The van der Waals surface area contributed by atoms with E-state index in [-0.39, 0.29) is 17.2 Å². The van der Waals surface area contributed by atoms with Gasteiger partial charge in [0.2, 0.25) is 0 Å². The lowest BCUT2D eigenvalue weighted by molar-refractivity contribution is -0.384. The van der Waals surface area contributed by atoms with Crippen LogP contribution in [-0.4, -0.2) is 39.2 Å². The summed E-state index contributed by atoms with van der Waals surface area (Å²) in [5.41, 5.74) is 1.34. The largest absolute Gasteiger partial charge is 0.494 e. The molecule has 1 N–H and O–H groups in total. The Hall–Kier alpha value is -2.94. The van der Waals surface area contributed by atoms with Gasteiger partial charge in [0, 0.05) is 37.3 Å². The van der Waals surface area contributed by atoms with Crippen LogP contribution in [0.4, 0.5) is 11.4 Å². The molecule has 2 bridgehead atoms. The lowest BCUT2D eigenvalue weighted by Crippen LogP contribution is -2.50. The molecule has 9 heteroatoms. The molecule has 4 rings (SSSR count). The number of fused-ring (bicyclic) bond motifs is 4. The van der Waals surface area contributed by atoms with Crippen LogP contribution in [0.25, 0.3) is 0 Å². The summed E-state index contributed by atoms with van der Waals surface area (Å²) in [7, 11) is 0. The third kappa shape index (κ3) is 3.82. The Bertz CT molecular complexity index is 1020. The highest BCUT2D eigenvalue weighted by atomic mass is 32.1. The van der Waals surface area contributed by atoms with Gasteiger partial charge in [-0.2, -0.15) is 0 Å². The Kier molecular flexibility index (Phi) is 5.23. The minimum atomic E-state index is -0.443. The third-order valence-electron chi connectivity index (χ3n) is 5.49. The molecule has 8 nitrogen and oxygen atoms in total. The number of nitrogens with one attached hydrogen (secondary N) is 1. The first-order valence-electron chi connectivity index (χ1n) is 9.63. The smallest absolute Gasteiger partial charge is 0.296 e. The van der Waals surface area contributed by atoms with Gasteiger partial charge in [0.25, 0.3) is 11.2 Å². The summed E-state index contributed by atoms with van der Waals surface area (Å²) in [5.74, 6) is 0.980. The van der Waals surface area contributed by atoms with E-state index in [1.54, 1.807) is 24.3 Å². The summed E-state index contributed by atoms with van der Waals surface area (Å²) >= 11 is 5.58. The molecule has 3 heterocycles. The zero-order chi connectivity index (χ0) is 20.5. The molecule has 1 saturated heterocycles. The van der Waals surface area contributed by atoms with E-state index in [0.717, 1.165) is 12.1 Å². The van der Waals surface area contributed by atoms with E-state index in [1.807, 2.05) is 17.6 Å². The average Bonchev–Trinajstić information content (AvgIpc) is 2.70. The maximum Gasteiger partial charge on any atom is 0.296 e. The summed E-state index contributed by atoms with van der Waals surface area (Å²) in [4.78, 5) is 25.3. The lowest BCUT2D eigenvalue weighted by Gasteiger charge is -2.43. The number of hydrogen-bond acceptors (Lipinski definition) is 5. The molecule has 0 aliphatic carbocycles. The van der Waals surface area contributed by atoms with Crippen molar-refractivity contribution >= 4 is 28.7 Å². The Balaban J connectivity index is 1.53. The highest BCUT2D eigenvalue weighted by Crippen LogP contribution is 2.36. The van der Waals surface area contributed by atoms with Crippen LogP contribution in [0.1, 0.15) is 25.0 Å². The Morgan fingerprint density at radius 1 is 1.31 bits per heavy atom. The van der Waals surface area contributed by atoms with Gasteiger partial charge in [0.1, 0.15) is 11.4 Å². The van der Waals surface area contributed by atoms with Gasteiger partial charge in [-0.3, -0.25) is 14.9 Å². The Labute approximate surface area is 173 Å². The zero-order valence-corrected chi connectivity index (χ0v) is 16.9. The molecule has 1 unspecified atom stereocenters. The van der Waals surface area contributed by atoms with Gasteiger partial charge in [0.15, 0.2) is 5.11 Å². The van der Waals surface area contributed by atoms with E-state index in [4.69, 9.17) is 17.0 Å². The van der Waals surface area contributed by atoms with Gasteiger partial charge in [-0.05, 0) is 49.7 Å². The predicted octanol–water partition coefficient (Wildman–Crippen LogP) is 2.97. The number of benzene rings is 1. The average molecular weight is 414 g/mol. The molecular formula is C20H22N4O4S. The van der Waals surface area contributed by atoms with E-state index < -0.39 is 4.92 Å². The maximum absolute atomic E-state index is 12.2. The van der Waals surface area contributed by atoms with E-state index in [0.29, 0.717) is 48.7 Å². The first kappa shape index (κ1) is 19.4. The van der Waals surface area contributed by atoms with Crippen molar-refractivity contribution in [1.82, 2.24) is 9.47 Å². The number of ether oxygens (including phenoxy) is 1. The molecule has 1 fully saturated rings. The van der Waals surface area contributed by atoms with Crippen molar-refractivity contribution in [2.75, 3.05) is 25.0 Å². The van der Waals surface area contributed by atoms with Gasteiger partial charge in [-0.15, -0.1) is 0 Å². The van der Waals surface area contributed by atoms with Gasteiger partial charge in [-0.1, -0.05) is 6.07 Å². The number of nitrogens with zero attached hydrogens (tertiary/aromatic N) is 3. The molecule has 0 amide bonds. The van der Waals surface area contributed by atoms with E-state index in [1.165, 1.54) is 6.07 Å². The van der Waals surface area contributed by atoms with Gasteiger partial charge in [-0.25, -0.2) is 0 Å². The molecule has 2 aliphatic rings. The van der Waals surface area contributed by atoms with Crippen molar-refractivity contribution in [2.24, 2.45) is 5.92 Å². The van der Waals surface area contributed by atoms with Gasteiger partial charge < -0.3 is 19.5 Å². The van der Waals surface area contributed by atoms with Crippen molar-refractivity contribution in [3.05, 3.63) is 62.6 Å².